The Hall–Kier alpha value is -1.94. The van der Waals surface area contributed by atoms with E-state index in [1.807, 2.05) is 6.07 Å². The molecule has 0 saturated heterocycles. The number of aromatic nitrogens is 2. The lowest BCUT2D eigenvalue weighted by atomic mass is 10.0. The van der Waals surface area contributed by atoms with Crippen molar-refractivity contribution >= 4 is 5.95 Å². The molecule has 0 amide bonds. The van der Waals surface area contributed by atoms with Gasteiger partial charge in [0.1, 0.15) is 0 Å². The van der Waals surface area contributed by atoms with Crippen molar-refractivity contribution in [3.63, 3.8) is 0 Å². The first-order valence-electron chi connectivity index (χ1n) is 7.42. The predicted molar refractivity (Wildman–Crippen MR) is 84.9 cm³/mol. The fourth-order valence-corrected chi connectivity index (χ4v) is 3.24. The van der Waals surface area contributed by atoms with E-state index in [0.29, 0.717) is 29.7 Å². The zero-order valence-electron chi connectivity index (χ0n) is 12.6. The van der Waals surface area contributed by atoms with E-state index < -0.39 is 0 Å². The maximum atomic E-state index is 5.66. The molecule has 3 N–H and O–H groups in total. The van der Waals surface area contributed by atoms with Gasteiger partial charge in [-0.25, -0.2) is 9.97 Å². The Kier molecular flexibility index (Phi) is 3.64. The van der Waals surface area contributed by atoms with Gasteiger partial charge in [-0.3, -0.25) is 0 Å². The molecule has 21 heavy (non-hydrogen) atoms. The molecule has 1 aliphatic carbocycles. The third-order valence-corrected chi connectivity index (χ3v) is 4.67. The van der Waals surface area contributed by atoms with Gasteiger partial charge < -0.3 is 11.1 Å². The van der Waals surface area contributed by atoms with Gasteiger partial charge in [-0.1, -0.05) is 38.1 Å². The molecule has 2 atom stereocenters. The summed E-state index contributed by atoms with van der Waals surface area (Å²) in [5.41, 5.74) is 8.56. The van der Waals surface area contributed by atoms with Crippen molar-refractivity contribution in [2.45, 2.75) is 26.3 Å². The monoisotopic (exact) mass is 282 g/mol. The van der Waals surface area contributed by atoms with Crippen LogP contribution in [0.1, 0.15) is 30.9 Å². The smallest absolute Gasteiger partial charge is 0.222 e. The number of nitrogens with two attached hydrogens (primary N) is 1. The van der Waals surface area contributed by atoms with E-state index >= 15 is 0 Å². The summed E-state index contributed by atoms with van der Waals surface area (Å²) in [5.74, 6) is 1.89. The van der Waals surface area contributed by atoms with E-state index in [2.05, 4.69) is 53.4 Å². The lowest BCUT2D eigenvalue weighted by molar-refractivity contribution is 0.564. The average molecular weight is 282 g/mol. The fourth-order valence-electron chi connectivity index (χ4n) is 3.24. The van der Waals surface area contributed by atoms with E-state index in [-0.39, 0.29) is 0 Å². The zero-order valence-corrected chi connectivity index (χ0v) is 12.6. The number of hydrogen-bond donors (Lipinski definition) is 2. The van der Waals surface area contributed by atoms with Crippen LogP contribution in [0.15, 0.2) is 42.7 Å². The highest BCUT2D eigenvalue weighted by molar-refractivity contribution is 5.35. The van der Waals surface area contributed by atoms with E-state index in [1.165, 1.54) is 11.1 Å². The molecule has 110 valence electrons. The van der Waals surface area contributed by atoms with Crippen molar-refractivity contribution in [1.29, 1.82) is 0 Å². The van der Waals surface area contributed by atoms with E-state index in [1.54, 1.807) is 12.4 Å². The van der Waals surface area contributed by atoms with E-state index in [4.69, 9.17) is 5.73 Å². The number of rotatable bonds is 5. The van der Waals surface area contributed by atoms with Gasteiger partial charge in [0.2, 0.25) is 5.95 Å². The number of anilines is 1. The van der Waals surface area contributed by atoms with Gasteiger partial charge in [-0.15, -0.1) is 0 Å². The third kappa shape index (κ3) is 2.76. The Morgan fingerprint density at radius 2 is 1.81 bits per heavy atom. The van der Waals surface area contributed by atoms with Crippen LogP contribution in [0.4, 0.5) is 5.95 Å². The summed E-state index contributed by atoms with van der Waals surface area (Å²) < 4.78 is 0. The van der Waals surface area contributed by atoms with Gasteiger partial charge in [0.15, 0.2) is 0 Å². The highest BCUT2D eigenvalue weighted by Crippen LogP contribution is 2.64. The number of hydrogen-bond acceptors (Lipinski definition) is 4. The summed E-state index contributed by atoms with van der Waals surface area (Å²) in [7, 11) is 0. The van der Waals surface area contributed by atoms with Gasteiger partial charge in [0, 0.05) is 25.5 Å². The van der Waals surface area contributed by atoms with Crippen LogP contribution in [-0.4, -0.2) is 16.5 Å². The van der Waals surface area contributed by atoms with Gasteiger partial charge in [0.05, 0.1) is 0 Å². The van der Waals surface area contributed by atoms with Crippen LogP contribution >= 0.6 is 0 Å². The minimum Gasteiger partial charge on any atom is -0.354 e. The molecule has 3 rings (SSSR count). The fraction of sp³-hybridized carbons (Fsp3) is 0.412. The van der Waals surface area contributed by atoms with Crippen molar-refractivity contribution in [1.82, 2.24) is 9.97 Å². The normalized spacial score (nSPS) is 22.8. The topological polar surface area (TPSA) is 63.8 Å². The molecular weight excluding hydrogens is 260 g/mol. The van der Waals surface area contributed by atoms with Crippen molar-refractivity contribution in [3.8, 4) is 0 Å². The molecule has 1 heterocycles. The van der Waals surface area contributed by atoms with Crippen LogP contribution in [0.3, 0.4) is 0 Å². The highest BCUT2D eigenvalue weighted by Gasteiger charge is 2.57. The summed E-state index contributed by atoms with van der Waals surface area (Å²) >= 11 is 0. The van der Waals surface area contributed by atoms with Gasteiger partial charge in [-0.05, 0) is 34.4 Å². The lowest BCUT2D eigenvalue weighted by Crippen LogP contribution is -2.09. The van der Waals surface area contributed by atoms with E-state index in [0.717, 1.165) is 6.54 Å². The van der Waals surface area contributed by atoms with Crippen molar-refractivity contribution in [3.05, 3.63) is 53.9 Å². The minimum atomic E-state index is 0.312. The van der Waals surface area contributed by atoms with Crippen LogP contribution in [-0.2, 0) is 6.54 Å². The van der Waals surface area contributed by atoms with Crippen molar-refractivity contribution < 1.29 is 0 Å². The number of nitrogens with zero attached hydrogens (tertiary/aromatic N) is 2. The molecule has 1 saturated carbocycles. The SMILES string of the molecule is CC1(C)C(CNc2ncccn2)C1c1ccc(CN)cc1. The first-order chi connectivity index (χ1) is 10.1. The summed E-state index contributed by atoms with van der Waals surface area (Å²) in [5, 5.41) is 3.34. The number of nitrogens with one attached hydrogen (secondary N) is 1. The summed E-state index contributed by atoms with van der Waals surface area (Å²) in [6, 6.07) is 10.5. The standard InChI is InChI=1S/C17H22N4/c1-17(2)14(11-21-16-19-8-3-9-20-16)15(17)13-6-4-12(10-18)5-7-13/h3-9,14-15H,10-11,18H2,1-2H3,(H,19,20,21). The van der Waals surface area contributed by atoms with E-state index in [9.17, 15) is 0 Å². The molecule has 0 radical (unpaired) electrons. The molecule has 0 bridgehead atoms. The second-order valence-electron chi connectivity index (χ2n) is 6.30. The predicted octanol–water partition coefficient (Wildman–Crippen LogP) is 2.79. The molecule has 2 unspecified atom stereocenters. The molecular formula is C17H22N4. The van der Waals surface area contributed by atoms with Crippen molar-refractivity contribution in [2.75, 3.05) is 11.9 Å². The van der Waals surface area contributed by atoms with Crippen LogP contribution in [0, 0.1) is 11.3 Å². The van der Waals surface area contributed by atoms with Crippen LogP contribution < -0.4 is 11.1 Å². The Labute approximate surface area is 125 Å². The van der Waals surface area contributed by atoms with Gasteiger partial charge >= 0.3 is 0 Å². The molecule has 0 aliphatic heterocycles. The average Bonchev–Trinajstić information content (AvgIpc) is 3.07. The summed E-state index contributed by atoms with van der Waals surface area (Å²) in [6.07, 6.45) is 3.52. The molecule has 4 nitrogen and oxygen atoms in total. The molecule has 2 aromatic rings. The van der Waals surface area contributed by atoms with Gasteiger partial charge in [-0.2, -0.15) is 0 Å². The molecule has 0 spiro atoms. The second-order valence-corrected chi connectivity index (χ2v) is 6.30. The maximum absolute atomic E-state index is 5.66. The molecule has 4 heteroatoms. The zero-order chi connectivity index (χ0) is 14.9. The quantitative estimate of drug-likeness (QED) is 0.885. The Balaban J connectivity index is 1.66. The number of benzene rings is 1. The lowest BCUT2D eigenvalue weighted by Gasteiger charge is -2.04. The first-order valence-corrected chi connectivity index (χ1v) is 7.42. The van der Waals surface area contributed by atoms with Crippen LogP contribution in [0.25, 0.3) is 0 Å². The molecule has 1 aromatic heterocycles. The van der Waals surface area contributed by atoms with Crippen LogP contribution in [0.2, 0.25) is 0 Å². The molecule has 1 fully saturated rings. The largest absolute Gasteiger partial charge is 0.354 e. The molecule has 1 aromatic carbocycles. The van der Waals surface area contributed by atoms with Crippen molar-refractivity contribution in [2.24, 2.45) is 17.1 Å². The Bertz CT molecular complexity index is 592. The maximum Gasteiger partial charge on any atom is 0.222 e. The minimum absolute atomic E-state index is 0.312. The van der Waals surface area contributed by atoms with Gasteiger partial charge in [0.25, 0.3) is 0 Å². The summed E-state index contributed by atoms with van der Waals surface area (Å²) in [6.45, 7) is 6.16. The first kappa shape index (κ1) is 14.0. The third-order valence-electron chi connectivity index (χ3n) is 4.67. The Morgan fingerprint density at radius 3 is 2.43 bits per heavy atom. The van der Waals surface area contributed by atoms with Crippen LogP contribution in [0.5, 0.6) is 0 Å². The second kappa shape index (κ2) is 5.45. The Morgan fingerprint density at radius 1 is 1.14 bits per heavy atom. The summed E-state index contributed by atoms with van der Waals surface area (Å²) in [4.78, 5) is 8.42. The highest BCUT2D eigenvalue weighted by atomic mass is 15.1. The molecule has 1 aliphatic rings.